The standard InChI is InChI=1S/C15H16ClN/c1-10-3-4-12(7-11(10)2)13-5-6-14(9-17)15(16)8-13/h3-8H,9,17H2,1-2H3. The lowest BCUT2D eigenvalue weighted by Gasteiger charge is -2.08. The predicted octanol–water partition coefficient (Wildman–Crippen LogP) is 4.08. The molecule has 2 aromatic rings. The molecule has 0 heterocycles. The predicted molar refractivity (Wildman–Crippen MR) is 74.3 cm³/mol. The average molecular weight is 246 g/mol. The van der Waals surface area contributed by atoms with Crippen LogP contribution in [0.3, 0.4) is 0 Å². The van der Waals surface area contributed by atoms with Crippen molar-refractivity contribution >= 4 is 11.6 Å². The third kappa shape index (κ3) is 2.51. The van der Waals surface area contributed by atoms with Gasteiger partial charge in [-0.3, -0.25) is 0 Å². The Bertz CT molecular complexity index is 547. The van der Waals surface area contributed by atoms with Gasteiger partial charge in [-0.1, -0.05) is 41.9 Å². The van der Waals surface area contributed by atoms with E-state index < -0.39 is 0 Å². The lowest BCUT2D eigenvalue weighted by Crippen LogP contribution is -1.97. The fourth-order valence-electron chi connectivity index (χ4n) is 1.81. The highest BCUT2D eigenvalue weighted by Gasteiger charge is 2.03. The van der Waals surface area contributed by atoms with Crippen molar-refractivity contribution in [2.45, 2.75) is 20.4 Å². The van der Waals surface area contributed by atoms with Gasteiger partial charge in [-0.2, -0.15) is 0 Å². The van der Waals surface area contributed by atoms with Crippen LogP contribution in [0.4, 0.5) is 0 Å². The number of benzene rings is 2. The second-order valence-electron chi connectivity index (χ2n) is 4.31. The number of rotatable bonds is 2. The summed E-state index contributed by atoms with van der Waals surface area (Å²) >= 11 is 6.17. The lowest BCUT2D eigenvalue weighted by molar-refractivity contribution is 1.07. The Morgan fingerprint density at radius 2 is 1.59 bits per heavy atom. The molecule has 0 amide bonds. The fourth-order valence-corrected chi connectivity index (χ4v) is 2.07. The fraction of sp³-hybridized carbons (Fsp3) is 0.200. The van der Waals surface area contributed by atoms with Gasteiger partial charge in [0.1, 0.15) is 0 Å². The van der Waals surface area contributed by atoms with Gasteiger partial charge in [0.25, 0.3) is 0 Å². The van der Waals surface area contributed by atoms with Gasteiger partial charge >= 0.3 is 0 Å². The quantitative estimate of drug-likeness (QED) is 0.848. The molecule has 2 N–H and O–H groups in total. The number of hydrogen-bond donors (Lipinski definition) is 1. The normalized spacial score (nSPS) is 10.6. The highest BCUT2D eigenvalue weighted by molar-refractivity contribution is 6.31. The maximum absolute atomic E-state index is 6.17. The van der Waals surface area contributed by atoms with E-state index in [1.807, 2.05) is 12.1 Å². The molecule has 0 aliphatic rings. The summed E-state index contributed by atoms with van der Waals surface area (Å²) in [5, 5.41) is 0.739. The van der Waals surface area contributed by atoms with Crippen molar-refractivity contribution in [3.63, 3.8) is 0 Å². The first-order chi connectivity index (χ1) is 8.11. The molecule has 0 aliphatic heterocycles. The SMILES string of the molecule is Cc1ccc(-c2ccc(CN)c(Cl)c2)cc1C. The highest BCUT2D eigenvalue weighted by atomic mass is 35.5. The Kier molecular flexibility index (Phi) is 3.51. The van der Waals surface area contributed by atoms with E-state index in [0.29, 0.717) is 6.54 Å². The minimum Gasteiger partial charge on any atom is -0.326 e. The Labute approximate surface area is 107 Å². The molecule has 0 atom stereocenters. The van der Waals surface area contributed by atoms with Gasteiger partial charge in [-0.15, -0.1) is 0 Å². The summed E-state index contributed by atoms with van der Waals surface area (Å²) in [6.07, 6.45) is 0. The van der Waals surface area contributed by atoms with Crippen molar-refractivity contribution in [3.8, 4) is 11.1 Å². The zero-order chi connectivity index (χ0) is 12.4. The van der Waals surface area contributed by atoms with Gasteiger partial charge in [-0.25, -0.2) is 0 Å². The third-order valence-corrected chi connectivity index (χ3v) is 3.47. The zero-order valence-electron chi connectivity index (χ0n) is 10.1. The molecule has 0 saturated carbocycles. The maximum Gasteiger partial charge on any atom is 0.0457 e. The number of halogens is 1. The smallest absolute Gasteiger partial charge is 0.0457 e. The first-order valence-electron chi connectivity index (χ1n) is 5.68. The highest BCUT2D eigenvalue weighted by Crippen LogP contribution is 2.26. The zero-order valence-corrected chi connectivity index (χ0v) is 10.9. The summed E-state index contributed by atoms with van der Waals surface area (Å²) in [4.78, 5) is 0. The van der Waals surface area contributed by atoms with Crippen LogP contribution in [0.1, 0.15) is 16.7 Å². The molecule has 0 fully saturated rings. The van der Waals surface area contributed by atoms with Gasteiger partial charge in [0, 0.05) is 11.6 Å². The molecule has 0 radical (unpaired) electrons. The minimum absolute atomic E-state index is 0.478. The molecule has 0 spiro atoms. The van der Waals surface area contributed by atoms with Crippen LogP contribution in [-0.2, 0) is 6.54 Å². The molecule has 17 heavy (non-hydrogen) atoms. The summed E-state index contributed by atoms with van der Waals surface area (Å²) in [7, 11) is 0. The van der Waals surface area contributed by atoms with Crippen LogP contribution < -0.4 is 5.73 Å². The van der Waals surface area contributed by atoms with Crippen LogP contribution in [0.25, 0.3) is 11.1 Å². The molecule has 0 aliphatic carbocycles. The Balaban J connectivity index is 2.46. The van der Waals surface area contributed by atoms with E-state index in [9.17, 15) is 0 Å². The minimum atomic E-state index is 0.478. The van der Waals surface area contributed by atoms with E-state index in [1.54, 1.807) is 0 Å². The van der Waals surface area contributed by atoms with E-state index in [1.165, 1.54) is 16.7 Å². The van der Waals surface area contributed by atoms with Crippen LogP contribution in [-0.4, -0.2) is 0 Å². The van der Waals surface area contributed by atoms with Crippen molar-refractivity contribution in [1.82, 2.24) is 0 Å². The Hall–Kier alpha value is -1.31. The van der Waals surface area contributed by atoms with Crippen LogP contribution in [0.5, 0.6) is 0 Å². The monoisotopic (exact) mass is 245 g/mol. The van der Waals surface area contributed by atoms with Crippen LogP contribution in [0.15, 0.2) is 36.4 Å². The molecule has 2 aromatic carbocycles. The first kappa shape index (κ1) is 12.2. The molecule has 0 bridgehead atoms. The summed E-state index contributed by atoms with van der Waals surface area (Å²) in [6.45, 7) is 4.71. The van der Waals surface area contributed by atoms with Gasteiger partial charge < -0.3 is 5.73 Å². The second kappa shape index (κ2) is 4.91. The summed E-state index contributed by atoms with van der Waals surface area (Å²) < 4.78 is 0. The molecule has 2 heteroatoms. The Morgan fingerprint density at radius 3 is 2.18 bits per heavy atom. The van der Waals surface area contributed by atoms with Gasteiger partial charge in [0.15, 0.2) is 0 Å². The maximum atomic E-state index is 6.17. The molecular formula is C15H16ClN. The number of nitrogens with two attached hydrogens (primary N) is 1. The van der Waals surface area contributed by atoms with Crippen LogP contribution in [0.2, 0.25) is 5.02 Å². The topological polar surface area (TPSA) is 26.0 Å². The molecule has 0 aromatic heterocycles. The Morgan fingerprint density at radius 1 is 0.941 bits per heavy atom. The largest absolute Gasteiger partial charge is 0.326 e. The number of aryl methyl sites for hydroxylation is 2. The summed E-state index contributed by atoms with van der Waals surface area (Å²) in [5.41, 5.74) is 11.5. The van der Waals surface area contributed by atoms with Crippen LogP contribution >= 0.6 is 11.6 Å². The van der Waals surface area contributed by atoms with Crippen molar-refractivity contribution in [2.24, 2.45) is 5.73 Å². The average Bonchev–Trinajstić information content (AvgIpc) is 2.32. The van der Waals surface area contributed by atoms with E-state index >= 15 is 0 Å². The molecule has 0 saturated heterocycles. The third-order valence-electron chi connectivity index (χ3n) is 3.11. The molecular weight excluding hydrogens is 230 g/mol. The molecule has 0 unspecified atom stereocenters. The van der Waals surface area contributed by atoms with Crippen molar-refractivity contribution in [3.05, 3.63) is 58.1 Å². The van der Waals surface area contributed by atoms with E-state index in [0.717, 1.165) is 16.1 Å². The van der Waals surface area contributed by atoms with Crippen molar-refractivity contribution < 1.29 is 0 Å². The number of hydrogen-bond acceptors (Lipinski definition) is 1. The van der Waals surface area contributed by atoms with Crippen LogP contribution in [0, 0.1) is 13.8 Å². The van der Waals surface area contributed by atoms with Gasteiger partial charge in [0.2, 0.25) is 0 Å². The van der Waals surface area contributed by atoms with E-state index in [4.69, 9.17) is 17.3 Å². The van der Waals surface area contributed by atoms with Gasteiger partial charge in [-0.05, 0) is 47.7 Å². The lowest BCUT2D eigenvalue weighted by atomic mass is 9.99. The van der Waals surface area contributed by atoms with Gasteiger partial charge in [0.05, 0.1) is 0 Å². The molecule has 88 valence electrons. The summed E-state index contributed by atoms with van der Waals surface area (Å²) in [5.74, 6) is 0. The summed E-state index contributed by atoms with van der Waals surface area (Å²) in [6, 6.07) is 12.5. The van der Waals surface area contributed by atoms with E-state index in [2.05, 4.69) is 38.1 Å². The molecule has 1 nitrogen and oxygen atoms in total. The molecule has 2 rings (SSSR count). The van der Waals surface area contributed by atoms with E-state index in [-0.39, 0.29) is 0 Å². The van der Waals surface area contributed by atoms with Crippen molar-refractivity contribution in [1.29, 1.82) is 0 Å². The van der Waals surface area contributed by atoms with Crippen molar-refractivity contribution in [2.75, 3.05) is 0 Å². The first-order valence-corrected chi connectivity index (χ1v) is 6.05. The second-order valence-corrected chi connectivity index (χ2v) is 4.72.